The zero-order valence-electron chi connectivity index (χ0n) is 13.9. The lowest BCUT2D eigenvalue weighted by Gasteiger charge is -2.25. The van der Waals surface area contributed by atoms with Gasteiger partial charge in [-0.2, -0.15) is 0 Å². The predicted octanol–water partition coefficient (Wildman–Crippen LogP) is 1.37. The summed E-state index contributed by atoms with van der Waals surface area (Å²) in [6.45, 7) is 4.05. The Morgan fingerprint density at radius 1 is 1.16 bits per heavy atom. The fourth-order valence-electron chi connectivity index (χ4n) is 3.81. The van der Waals surface area contributed by atoms with Crippen molar-refractivity contribution in [3.63, 3.8) is 0 Å². The van der Waals surface area contributed by atoms with Gasteiger partial charge in [0.15, 0.2) is 0 Å². The lowest BCUT2D eigenvalue weighted by molar-refractivity contribution is -0.126. The van der Waals surface area contributed by atoms with Gasteiger partial charge in [0.05, 0.1) is 23.9 Å². The van der Waals surface area contributed by atoms with E-state index in [1.807, 2.05) is 0 Å². The van der Waals surface area contributed by atoms with Gasteiger partial charge in [0, 0.05) is 13.1 Å². The van der Waals surface area contributed by atoms with Crippen molar-refractivity contribution in [3.8, 4) is 0 Å². The molecule has 0 bridgehead atoms. The number of urea groups is 1. The van der Waals surface area contributed by atoms with Gasteiger partial charge >= 0.3 is 6.03 Å². The lowest BCUT2D eigenvalue weighted by atomic mass is 9.96. The molecule has 4 rings (SSSR count). The minimum atomic E-state index is -0.608. The number of nitrogens with one attached hydrogen (secondary N) is 2. The third kappa shape index (κ3) is 3.11. The van der Waals surface area contributed by atoms with Crippen LogP contribution in [-0.4, -0.2) is 54.5 Å². The van der Waals surface area contributed by atoms with Gasteiger partial charge in [-0.25, -0.2) is 9.18 Å². The highest BCUT2D eigenvalue weighted by Crippen LogP contribution is 2.32. The molecule has 0 unspecified atom stereocenters. The molecule has 3 amide bonds. The summed E-state index contributed by atoms with van der Waals surface area (Å²) in [5.74, 6) is -0.472. The van der Waals surface area contributed by atoms with Gasteiger partial charge in [0.2, 0.25) is 0 Å². The van der Waals surface area contributed by atoms with Gasteiger partial charge in [-0.15, -0.1) is 0 Å². The summed E-state index contributed by atoms with van der Waals surface area (Å²) in [6.07, 6.45) is 2.43. The van der Waals surface area contributed by atoms with Crippen LogP contribution in [0, 0.1) is 5.82 Å². The van der Waals surface area contributed by atoms with Crippen LogP contribution in [0.15, 0.2) is 35.5 Å². The van der Waals surface area contributed by atoms with Gasteiger partial charge < -0.3 is 20.4 Å². The highest BCUT2D eigenvalue weighted by Gasteiger charge is 2.40. The van der Waals surface area contributed by atoms with Crippen molar-refractivity contribution < 1.29 is 14.0 Å². The van der Waals surface area contributed by atoms with Crippen LogP contribution in [-0.2, 0) is 4.79 Å². The van der Waals surface area contributed by atoms with E-state index in [0.29, 0.717) is 29.9 Å². The van der Waals surface area contributed by atoms with E-state index >= 15 is 0 Å². The first kappa shape index (κ1) is 16.1. The minimum absolute atomic E-state index is 0.0871. The smallest absolute Gasteiger partial charge is 0.319 e. The van der Waals surface area contributed by atoms with Crippen LogP contribution in [0.3, 0.4) is 0 Å². The Morgan fingerprint density at radius 3 is 2.72 bits per heavy atom. The van der Waals surface area contributed by atoms with Gasteiger partial charge in [-0.3, -0.25) is 4.79 Å². The number of amides is 3. The first-order chi connectivity index (χ1) is 12.1. The standard InChI is InChI=1S/C18H21FN4O2/c19-13-5-3-4-12(10-13)16-15-14(20-18(25)21-16)11-23(17(15)24)9-8-22-6-1-2-7-22/h3-5,10,16H,1-2,6-9,11H2,(H2,20,21,25)/t16-/m1/s1. The van der Waals surface area contributed by atoms with Crippen LogP contribution in [0.5, 0.6) is 0 Å². The molecule has 0 aromatic heterocycles. The second-order valence-electron chi connectivity index (χ2n) is 6.75. The number of halogens is 1. The molecular weight excluding hydrogens is 323 g/mol. The van der Waals surface area contributed by atoms with Crippen molar-refractivity contribution in [3.05, 3.63) is 46.9 Å². The molecule has 2 N–H and O–H groups in total. The third-order valence-electron chi connectivity index (χ3n) is 5.09. The fourth-order valence-corrected chi connectivity index (χ4v) is 3.81. The van der Waals surface area contributed by atoms with E-state index in [2.05, 4.69) is 15.5 Å². The lowest BCUT2D eigenvalue weighted by Crippen LogP contribution is -2.44. The Labute approximate surface area is 145 Å². The molecule has 0 spiro atoms. The molecule has 1 fully saturated rings. The second-order valence-corrected chi connectivity index (χ2v) is 6.75. The molecule has 132 valence electrons. The molecule has 1 atom stereocenters. The average Bonchev–Trinajstić information content (AvgIpc) is 3.20. The van der Waals surface area contributed by atoms with E-state index in [1.54, 1.807) is 17.0 Å². The average molecular weight is 344 g/mol. The van der Waals surface area contributed by atoms with Gasteiger partial charge in [0.1, 0.15) is 5.82 Å². The van der Waals surface area contributed by atoms with E-state index in [9.17, 15) is 14.0 Å². The monoisotopic (exact) mass is 344 g/mol. The number of nitrogens with zero attached hydrogens (tertiary/aromatic N) is 2. The molecule has 3 aliphatic heterocycles. The Kier molecular flexibility index (Phi) is 4.17. The Hall–Kier alpha value is -2.41. The molecule has 7 heteroatoms. The normalized spacial score (nSPS) is 23.7. The summed E-state index contributed by atoms with van der Waals surface area (Å²) >= 11 is 0. The first-order valence-electron chi connectivity index (χ1n) is 8.69. The topological polar surface area (TPSA) is 64.7 Å². The second kappa shape index (κ2) is 6.48. The molecule has 1 aromatic carbocycles. The molecule has 0 radical (unpaired) electrons. The molecule has 1 aromatic rings. The largest absolute Gasteiger partial charge is 0.332 e. The highest BCUT2D eigenvalue weighted by molar-refractivity contribution is 6.01. The third-order valence-corrected chi connectivity index (χ3v) is 5.09. The van der Waals surface area contributed by atoms with Crippen LogP contribution in [0.1, 0.15) is 24.4 Å². The van der Waals surface area contributed by atoms with Gasteiger partial charge in [-0.1, -0.05) is 12.1 Å². The van der Waals surface area contributed by atoms with Crippen molar-refractivity contribution in [2.24, 2.45) is 0 Å². The molecule has 3 aliphatic rings. The Bertz CT molecular complexity index is 742. The zero-order valence-corrected chi connectivity index (χ0v) is 13.9. The zero-order chi connectivity index (χ0) is 17.4. The maximum Gasteiger partial charge on any atom is 0.319 e. The predicted molar refractivity (Wildman–Crippen MR) is 90.1 cm³/mol. The summed E-state index contributed by atoms with van der Waals surface area (Å²) in [7, 11) is 0. The molecular formula is C18H21FN4O2. The van der Waals surface area contributed by atoms with E-state index in [-0.39, 0.29) is 17.8 Å². The first-order valence-corrected chi connectivity index (χ1v) is 8.69. The van der Waals surface area contributed by atoms with Crippen molar-refractivity contribution in [2.75, 3.05) is 32.7 Å². The van der Waals surface area contributed by atoms with Crippen LogP contribution in [0.25, 0.3) is 0 Å². The minimum Gasteiger partial charge on any atom is -0.332 e. The molecule has 25 heavy (non-hydrogen) atoms. The number of carbonyl (C=O) groups is 2. The summed E-state index contributed by atoms with van der Waals surface area (Å²) < 4.78 is 13.6. The molecule has 6 nitrogen and oxygen atoms in total. The quantitative estimate of drug-likeness (QED) is 0.867. The molecule has 3 heterocycles. The molecule has 0 aliphatic carbocycles. The summed E-state index contributed by atoms with van der Waals surface area (Å²) in [6, 6.07) is 5.06. The summed E-state index contributed by atoms with van der Waals surface area (Å²) in [5.41, 5.74) is 1.73. The molecule has 1 saturated heterocycles. The Balaban J connectivity index is 1.53. The van der Waals surface area contributed by atoms with Crippen molar-refractivity contribution in [1.82, 2.24) is 20.4 Å². The van der Waals surface area contributed by atoms with Crippen molar-refractivity contribution in [2.45, 2.75) is 18.9 Å². The number of hydrogen-bond acceptors (Lipinski definition) is 3. The fraction of sp³-hybridized carbons (Fsp3) is 0.444. The number of likely N-dealkylation sites (tertiary alicyclic amines) is 1. The van der Waals surface area contributed by atoms with E-state index in [1.165, 1.54) is 25.0 Å². The van der Waals surface area contributed by atoms with Crippen LogP contribution in [0.4, 0.5) is 9.18 Å². The van der Waals surface area contributed by atoms with Gasteiger partial charge in [0.25, 0.3) is 5.91 Å². The maximum absolute atomic E-state index is 13.6. The van der Waals surface area contributed by atoms with Crippen LogP contribution < -0.4 is 10.6 Å². The van der Waals surface area contributed by atoms with E-state index in [4.69, 9.17) is 0 Å². The summed E-state index contributed by atoms with van der Waals surface area (Å²) in [4.78, 5) is 29.0. The summed E-state index contributed by atoms with van der Waals surface area (Å²) in [5, 5.41) is 5.49. The van der Waals surface area contributed by atoms with Crippen molar-refractivity contribution in [1.29, 1.82) is 0 Å². The van der Waals surface area contributed by atoms with Crippen LogP contribution >= 0.6 is 0 Å². The number of hydrogen-bond donors (Lipinski definition) is 2. The van der Waals surface area contributed by atoms with Crippen LogP contribution in [0.2, 0.25) is 0 Å². The van der Waals surface area contributed by atoms with Crippen molar-refractivity contribution >= 4 is 11.9 Å². The molecule has 0 saturated carbocycles. The highest BCUT2D eigenvalue weighted by atomic mass is 19.1. The van der Waals surface area contributed by atoms with E-state index in [0.717, 1.165) is 19.6 Å². The SMILES string of the molecule is O=C1NC2=C(C(=O)N(CCN3CCCC3)C2)[C@@H](c2cccc(F)c2)N1. The van der Waals surface area contributed by atoms with E-state index < -0.39 is 6.04 Å². The van der Waals surface area contributed by atoms with Gasteiger partial charge in [-0.05, 0) is 43.6 Å². The Morgan fingerprint density at radius 2 is 1.96 bits per heavy atom. The maximum atomic E-state index is 13.6. The number of rotatable bonds is 4. The number of benzene rings is 1. The number of carbonyl (C=O) groups excluding carboxylic acids is 2.